The third-order valence-corrected chi connectivity index (χ3v) is 4.75. The normalized spacial score (nSPS) is 39.6. The van der Waals surface area contributed by atoms with Gasteiger partial charge in [0.1, 0.15) is 0 Å². The number of alkyl halides is 2. The Morgan fingerprint density at radius 3 is 2.48 bits per heavy atom. The van der Waals surface area contributed by atoms with Crippen molar-refractivity contribution in [1.82, 2.24) is 0 Å². The number of fused-ring (bicyclic) bond motifs is 2. The molecule has 0 spiro atoms. The van der Waals surface area contributed by atoms with Crippen molar-refractivity contribution in [3.8, 4) is 0 Å². The number of aliphatic carboxylic acids is 1. The van der Waals surface area contributed by atoms with Gasteiger partial charge >= 0.3 is 12.1 Å². The van der Waals surface area contributed by atoms with Gasteiger partial charge in [0.15, 0.2) is 6.29 Å². The number of hydrogen-bond acceptors (Lipinski definition) is 4. The van der Waals surface area contributed by atoms with E-state index in [9.17, 15) is 13.6 Å². The summed E-state index contributed by atoms with van der Waals surface area (Å²) < 4.78 is 42.7. The van der Waals surface area contributed by atoms with Crippen LogP contribution in [0.25, 0.3) is 0 Å². The van der Waals surface area contributed by atoms with E-state index < -0.39 is 24.3 Å². The van der Waals surface area contributed by atoms with Gasteiger partial charge in [-0.25, -0.2) is 4.79 Å². The first-order valence-electron chi connectivity index (χ1n) is 7.53. The summed E-state index contributed by atoms with van der Waals surface area (Å²) in [5.74, 6) is -2.14. The Hall–Kier alpha value is -0.790. The fourth-order valence-corrected chi connectivity index (χ4v) is 3.75. The molecule has 5 nitrogen and oxygen atoms in total. The summed E-state index contributed by atoms with van der Waals surface area (Å²) in [5.41, 5.74) is 0. The van der Waals surface area contributed by atoms with Crippen LogP contribution in [0.3, 0.4) is 0 Å². The Labute approximate surface area is 121 Å². The number of rotatable bonds is 5. The van der Waals surface area contributed by atoms with Crippen molar-refractivity contribution in [3.05, 3.63) is 0 Å². The summed E-state index contributed by atoms with van der Waals surface area (Å²) in [7, 11) is 0. The van der Waals surface area contributed by atoms with Crippen molar-refractivity contribution in [1.29, 1.82) is 0 Å². The highest BCUT2D eigenvalue weighted by molar-refractivity contribution is 5.73. The number of carbonyl (C=O) groups is 1. The summed E-state index contributed by atoms with van der Waals surface area (Å²) in [5, 5.41) is 8.54. The zero-order valence-corrected chi connectivity index (χ0v) is 11.7. The Bertz CT molecular complexity index is 397. The van der Waals surface area contributed by atoms with E-state index in [0.717, 1.165) is 38.5 Å². The van der Waals surface area contributed by atoms with Gasteiger partial charge in [0.05, 0.1) is 12.2 Å². The molecule has 2 saturated carbocycles. The topological polar surface area (TPSA) is 65.0 Å². The highest BCUT2D eigenvalue weighted by atomic mass is 19.3. The fraction of sp³-hybridized carbons (Fsp3) is 0.929. The quantitative estimate of drug-likeness (QED) is 0.845. The second-order valence-electron chi connectivity index (χ2n) is 6.13. The van der Waals surface area contributed by atoms with Crippen molar-refractivity contribution < 1.29 is 32.9 Å². The number of halogens is 2. The van der Waals surface area contributed by atoms with E-state index in [0.29, 0.717) is 6.61 Å². The second kappa shape index (κ2) is 5.78. The standard InChI is InChI=1S/C14H20F2O5/c15-14(16,13(17)18)21-12-9-5-4-8(7-9)11(12)20-10-3-1-2-6-19-10/h8-12H,1-7H2,(H,17,18). The largest absolute Gasteiger partial charge is 0.475 e. The molecule has 0 amide bonds. The van der Waals surface area contributed by atoms with Gasteiger partial charge in [-0.2, -0.15) is 8.78 Å². The molecule has 7 heteroatoms. The minimum atomic E-state index is -4.16. The molecule has 120 valence electrons. The smallest absolute Gasteiger partial charge is 0.456 e. The van der Waals surface area contributed by atoms with Crippen LogP contribution >= 0.6 is 0 Å². The molecule has 0 aromatic rings. The molecule has 1 saturated heterocycles. The van der Waals surface area contributed by atoms with E-state index in [1.165, 1.54) is 0 Å². The molecule has 1 heterocycles. The van der Waals surface area contributed by atoms with Crippen LogP contribution in [0.4, 0.5) is 8.78 Å². The molecule has 0 radical (unpaired) electrons. The molecule has 3 aliphatic rings. The highest BCUT2D eigenvalue weighted by Crippen LogP contribution is 2.49. The van der Waals surface area contributed by atoms with Crippen LogP contribution in [-0.2, 0) is 19.0 Å². The fourth-order valence-electron chi connectivity index (χ4n) is 3.75. The molecule has 3 rings (SSSR count). The maximum atomic E-state index is 13.4. The van der Waals surface area contributed by atoms with Crippen molar-refractivity contribution in [2.75, 3.05) is 6.61 Å². The summed E-state index contributed by atoms with van der Waals surface area (Å²) in [6.45, 7) is 0.613. The minimum absolute atomic E-state index is 0.0474. The lowest BCUT2D eigenvalue weighted by Crippen LogP contribution is -2.46. The van der Waals surface area contributed by atoms with Crippen LogP contribution in [0.2, 0.25) is 0 Å². The maximum Gasteiger partial charge on any atom is 0.456 e. The summed E-state index contributed by atoms with van der Waals surface area (Å²) >= 11 is 0. The van der Waals surface area contributed by atoms with Gasteiger partial charge in [-0.1, -0.05) is 0 Å². The van der Waals surface area contributed by atoms with Gasteiger partial charge in [0.2, 0.25) is 0 Å². The van der Waals surface area contributed by atoms with E-state index in [1.54, 1.807) is 0 Å². The SMILES string of the molecule is O=C(O)C(F)(F)OC1C2CCC(C2)C1OC1CCCCO1. The van der Waals surface area contributed by atoms with Crippen LogP contribution in [0.5, 0.6) is 0 Å². The van der Waals surface area contributed by atoms with Gasteiger partial charge in [0, 0.05) is 6.61 Å². The predicted octanol–water partition coefficient (Wildman–Crippen LogP) is 2.39. The first-order chi connectivity index (χ1) is 9.97. The lowest BCUT2D eigenvalue weighted by Gasteiger charge is -2.35. The highest BCUT2D eigenvalue weighted by Gasteiger charge is 2.55. The maximum absolute atomic E-state index is 13.4. The first-order valence-corrected chi connectivity index (χ1v) is 7.53. The predicted molar refractivity (Wildman–Crippen MR) is 66.8 cm³/mol. The van der Waals surface area contributed by atoms with Crippen molar-refractivity contribution >= 4 is 5.97 Å². The summed E-state index contributed by atoms with van der Waals surface area (Å²) in [6.07, 6.45) is -0.713. The second-order valence-corrected chi connectivity index (χ2v) is 6.13. The molecule has 21 heavy (non-hydrogen) atoms. The van der Waals surface area contributed by atoms with Crippen molar-refractivity contribution in [3.63, 3.8) is 0 Å². The van der Waals surface area contributed by atoms with Gasteiger partial charge < -0.3 is 19.3 Å². The van der Waals surface area contributed by atoms with Crippen molar-refractivity contribution in [2.24, 2.45) is 11.8 Å². The van der Waals surface area contributed by atoms with Crippen LogP contribution in [0.15, 0.2) is 0 Å². The third-order valence-electron chi connectivity index (χ3n) is 4.75. The minimum Gasteiger partial charge on any atom is -0.475 e. The van der Waals surface area contributed by atoms with E-state index in [4.69, 9.17) is 14.6 Å². The van der Waals surface area contributed by atoms with E-state index >= 15 is 0 Å². The molecule has 1 aliphatic heterocycles. The average molecular weight is 306 g/mol. The van der Waals surface area contributed by atoms with Crippen LogP contribution in [-0.4, -0.2) is 42.3 Å². The number of carboxylic acid groups (broad SMARTS) is 1. The number of carboxylic acids is 1. The third kappa shape index (κ3) is 3.05. The molecular weight excluding hydrogens is 286 g/mol. The monoisotopic (exact) mass is 306 g/mol. The Morgan fingerprint density at radius 2 is 1.86 bits per heavy atom. The van der Waals surface area contributed by atoms with Crippen LogP contribution < -0.4 is 0 Å². The van der Waals surface area contributed by atoms with E-state index in [2.05, 4.69) is 4.74 Å². The Kier molecular flexibility index (Phi) is 4.16. The van der Waals surface area contributed by atoms with Gasteiger partial charge in [-0.15, -0.1) is 0 Å². The molecular formula is C14H20F2O5. The molecule has 5 unspecified atom stereocenters. The molecule has 5 atom stereocenters. The summed E-state index contributed by atoms with van der Waals surface area (Å²) in [4.78, 5) is 10.6. The van der Waals surface area contributed by atoms with Crippen LogP contribution in [0.1, 0.15) is 38.5 Å². The summed E-state index contributed by atoms with van der Waals surface area (Å²) in [6, 6.07) is 0. The lowest BCUT2D eigenvalue weighted by atomic mass is 9.94. The number of hydrogen-bond donors (Lipinski definition) is 1. The van der Waals surface area contributed by atoms with Gasteiger partial charge in [0.25, 0.3) is 0 Å². The number of ether oxygens (including phenoxy) is 3. The van der Waals surface area contributed by atoms with Gasteiger partial charge in [-0.05, 0) is 50.4 Å². The van der Waals surface area contributed by atoms with E-state index in [1.807, 2.05) is 0 Å². The lowest BCUT2D eigenvalue weighted by molar-refractivity contribution is -0.296. The average Bonchev–Trinajstić information content (AvgIpc) is 3.03. The molecule has 2 aliphatic carbocycles. The molecule has 2 bridgehead atoms. The Balaban J connectivity index is 1.66. The molecule has 3 fully saturated rings. The zero-order valence-electron chi connectivity index (χ0n) is 11.7. The molecule has 0 aromatic carbocycles. The van der Waals surface area contributed by atoms with E-state index in [-0.39, 0.29) is 18.1 Å². The van der Waals surface area contributed by atoms with Gasteiger partial charge in [-0.3, -0.25) is 0 Å². The first kappa shape index (κ1) is 15.1. The zero-order chi connectivity index (χ0) is 15.0. The van der Waals surface area contributed by atoms with Crippen molar-refractivity contribution in [2.45, 2.75) is 63.1 Å². The van der Waals surface area contributed by atoms with Crippen LogP contribution in [0, 0.1) is 11.8 Å². The molecule has 1 N–H and O–H groups in total. The Morgan fingerprint density at radius 1 is 1.14 bits per heavy atom. The molecule has 0 aromatic heterocycles.